The quantitative estimate of drug-likeness (QED) is 0.875. The number of piperazine rings is 1. The Bertz CT molecular complexity index is 834. The van der Waals surface area contributed by atoms with Crippen molar-refractivity contribution in [2.45, 2.75) is 33.7 Å². The van der Waals surface area contributed by atoms with Gasteiger partial charge in [0.25, 0.3) is 0 Å². The molecule has 1 N–H and O–H groups in total. The normalized spacial score (nSPS) is 15.5. The first-order chi connectivity index (χ1) is 12.9. The lowest BCUT2D eigenvalue weighted by Crippen LogP contribution is -2.49. The predicted molar refractivity (Wildman–Crippen MR) is 106 cm³/mol. The van der Waals surface area contributed by atoms with Crippen LogP contribution in [-0.2, 0) is 23.2 Å². The number of hydrogen-bond acceptors (Lipinski definition) is 4. The fourth-order valence-electron chi connectivity index (χ4n) is 3.41. The summed E-state index contributed by atoms with van der Waals surface area (Å²) in [5, 5.41) is 2.88. The Morgan fingerprint density at radius 1 is 1.19 bits per heavy atom. The van der Waals surface area contributed by atoms with E-state index in [-0.39, 0.29) is 17.7 Å². The largest absolute Gasteiger partial charge is 0.340 e. The number of amides is 2. The average molecular weight is 371 g/mol. The van der Waals surface area contributed by atoms with Crippen LogP contribution >= 0.6 is 0 Å². The van der Waals surface area contributed by atoms with Crippen LogP contribution in [0.5, 0.6) is 0 Å². The van der Waals surface area contributed by atoms with Crippen molar-refractivity contribution >= 4 is 28.5 Å². The molecule has 1 fully saturated rings. The number of rotatable bonds is 5. The Kier molecular flexibility index (Phi) is 5.79. The van der Waals surface area contributed by atoms with Crippen LogP contribution in [0.4, 0.5) is 5.69 Å². The summed E-state index contributed by atoms with van der Waals surface area (Å²) in [4.78, 5) is 32.8. The van der Waals surface area contributed by atoms with Gasteiger partial charge in [0.15, 0.2) is 0 Å². The molecule has 2 aromatic rings. The van der Waals surface area contributed by atoms with Crippen LogP contribution in [0.2, 0.25) is 0 Å². The van der Waals surface area contributed by atoms with Gasteiger partial charge in [-0.2, -0.15) is 0 Å². The van der Waals surface area contributed by atoms with Gasteiger partial charge < -0.3 is 14.8 Å². The van der Waals surface area contributed by atoms with E-state index in [9.17, 15) is 9.59 Å². The number of fused-ring (bicyclic) bond motifs is 1. The van der Waals surface area contributed by atoms with E-state index in [0.29, 0.717) is 6.42 Å². The second-order valence-electron chi connectivity index (χ2n) is 7.45. The Labute approximate surface area is 160 Å². The fourth-order valence-corrected chi connectivity index (χ4v) is 3.41. The van der Waals surface area contributed by atoms with Gasteiger partial charge in [-0.05, 0) is 18.2 Å². The van der Waals surface area contributed by atoms with Crippen molar-refractivity contribution in [1.82, 2.24) is 19.4 Å². The van der Waals surface area contributed by atoms with E-state index < -0.39 is 0 Å². The lowest BCUT2D eigenvalue weighted by Gasteiger charge is -2.35. The summed E-state index contributed by atoms with van der Waals surface area (Å²) in [6, 6.07) is 5.83. The Hall–Kier alpha value is -2.41. The summed E-state index contributed by atoms with van der Waals surface area (Å²) in [5.74, 6) is 1.28. The van der Waals surface area contributed by atoms with Crippen molar-refractivity contribution in [1.29, 1.82) is 0 Å². The van der Waals surface area contributed by atoms with Crippen LogP contribution in [0.1, 0.15) is 33.0 Å². The molecule has 1 aromatic carbocycles. The lowest BCUT2D eigenvalue weighted by molar-refractivity contribution is -0.136. The van der Waals surface area contributed by atoms with Crippen molar-refractivity contribution in [2.75, 3.05) is 31.5 Å². The van der Waals surface area contributed by atoms with E-state index in [2.05, 4.69) is 14.8 Å². The lowest BCUT2D eigenvalue weighted by atomic mass is 10.1. The third kappa shape index (κ3) is 4.30. The zero-order valence-electron chi connectivity index (χ0n) is 16.7. The van der Waals surface area contributed by atoms with E-state index >= 15 is 0 Å². The predicted octanol–water partition coefficient (Wildman–Crippen LogP) is 2.22. The first kappa shape index (κ1) is 19.4. The highest BCUT2D eigenvalue weighted by Crippen LogP contribution is 2.21. The van der Waals surface area contributed by atoms with Gasteiger partial charge in [-0.1, -0.05) is 20.8 Å². The van der Waals surface area contributed by atoms with Gasteiger partial charge >= 0.3 is 0 Å². The monoisotopic (exact) mass is 371 g/mol. The van der Waals surface area contributed by atoms with Gasteiger partial charge in [-0.3, -0.25) is 14.5 Å². The molecule has 27 heavy (non-hydrogen) atoms. The summed E-state index contributed by atoms with van der Waals surface area (Å²) in [7, 11) is 2.02. The molecule has 1 aliphatic rings. The highest BCUT2D eigenvalue weighted by atomic mass is 16.2. The van der Waals surface area contributed by atoms with Gasteiger partial charge in [-0.25, -0.2) is 4.98 Å². The van der Waals surface area contributed by atoms with Crippen molar-refractivity contribution in [3.05, 3.63) is 24.0 Å². The van der Waals surface area contributed by atoms with Gasteiger partial charge in [-0.15, -0.1) is 0 Å². The second-order valence-corrected chi connectivity index (χ2v) is 7.45. The minimum atomic E-state index is -0.000629. The average Bonchev–Trinajstić information content (AvgIpc) is 2.96. The maximum Gasteiger partial charge on any atom is 0.225 e. The molecule has 3 rings (SSSR count). The Morgan fingerprint density at radius 3 is 2.52 bits per heavy atom. The summed E-state index contributed by atoms with van der Waals surface area (Å²) in [5.41, 5.74) is 2.71. The number of aryl methyl sites for hydroxylation is 1. The number of hydrogen-bond donors (Lipinski definition) is 1. The highest BCUT2D eigenvalue weighted by molar-refractivity contribution is 5.92. The molecular formula is C20H29N5O2. The zero-order chi connectivity index (χ0) is 19.6. The van der Waals surface area contributed by atoms with Gasteiger partial charge in [0, 0.05) is 51.3 Å². The van der Waals surface area contributed by atoms with E-state index in [1.807, 2.05) is 50.9 Å². The molecule has 1 saturated heterocycles. The standard InChI is InChI=1S/C20H29N5O2/c1-5-19(26)21-15-6-7-17-16(12-15)22-18(23(17)4)13-24-8-10-25(11-9-24)20(27)14(2)3/h6-7,12,14H,5,8-11,13H2,1-4H3,(H,21,26). The van der Waals surface area contributed by atoms with Gasteiger partial charge in [0.05, 0.1) is 17.6 Å². The Morgan fingerprint density at radius 2 is 1.89 bits per heavy atom. The van der Waals surface area contributed by atoms with Crippen LogP contribution in [-0.4, -0.2) is 57.3 Å². The van der Waals surface area contributed by atoms with Crippen LogP contribution in [0, 0.1) is 5.92 Å². The molecule has 0 saturated carbocycles. The van der Waals surface area contributed by atoms with Crippen molar-refractivity contribution in [3.8, 4) is 0 Å². The molecule has 2 amide bonds. The van der Waals surface area contributed by atoms with Crippen LogP contribution < -0.4 is 5.32 Å². The molecule has 0 aliphatic carbocycles. The number of nitrogens with one attached hydrogen (secondary N) is 1. The first-order valence-electron chi connectivity index (χ1n) is 9.65. The van der Waals surface area contributed by atoms with Crippen LogP contribution in [0.25, 0.3) is 11.0 Å². The molecule has 1 aromatic heterocycles. The molecule has 0 radical (unpaired) electrons. The van der Waals surface area contributed by atoms with E-state index in [0.717, 1.165) is 55.3 Å². The summed E-state index contributed by atoms with van der Waals surface area (Å²) < 4.78 is 2.10. The van der Waals surface area contributed by atoms with Crippen molar-refractivity contribution in [2.24, 2.45) is 13.0 Å². The molecule has 2 heterocycles. The maximum atomic E-state index is 12.1. The highest BCUT2D eigenvalue weighted by Gasteiger charge is 2.23. The molecular weight excluding hydrogens is 342 g/mol. The number of benzene rings is 1. The van der Waals surface area contributed by atoms with Gasteiger partial charge in [0.2, 0.25) is 11.8 Å². The molecule has 1 aliphatic heterocycles. The van der Waals surface area contributed by atoms with Crippen molar-refractivity contribution in [3.63, 3.8) is 0 Å². The molecule has 0 atom stereocenters. The summed E-state index contributed by atoms with van der Waals surface area (Å²) >= 11 is 0. The smallest absolute Gasteiger partial charge is 0.225 e. The molecule has 146 valence electrons. The zero-order valence-corrected chi connectivity index (χ0v) is 16.7. The number of carbonyl (C=O) groups excluding carboxylic acids is 2. The van der Waals surface area contributed by atoms with Crippen molar-refractivity contribution < 1.29 is 9.59 Å². The third-order valence-corrected chi connectivity index (χ3v) is 5.12. The number of imidazole rings is 1. The number of anilines is 1. The minimum Gasteiger partial charge on any atom is -0.340 e. The van der Waals surface area contributed by atoms with Crippen LogP contribution in [0.3, 0.4) is 0 Å². The molecule has 0 unspecified atom stereocenters. The molecule has 7 nitrogen and oxygen atoms in total. The van der Waals surface area contributed by atoms with E-state index in [1.165, 1.54) is 0 Å². The second kappa shape index (κ2) is 8.08. The minimum absolute atomic E-state index is 0.000629. The van der Waals surface area contributed by atoms with E-state index in [4.69, 9.17) is 4.98 Å². The fraction of sp³-hybridized carbons (Fsp3) is 0.550. The molecule has 0 bridgehead atoms. The number of aromatic nitrogens is 2. The Balaban J connectivity index is 1.68. The van der Waals surface area contributed by atoms with Crippen LogP contribution in [0.15, 0.2) is 18.2 Å². The molecule has 0 spiro atoms. The maximum absolute atomic E-state index is 12.1. The van der Waals surface area contributed by atoms with E-state index in [1.54, 1.807) is 0 Å². The summed E-state index contributed by atoms with van der Waals surface area (Å²) in [6.07, 6.45) is 0.455. The van der Waals surface area contributed by atoms with Gasteiger partial charge in [0.1, 0.15) is 5.82 Å². The number of nitrogens with zero attached hydrogens (tertiary/aromatic N) is 4. The topological polar surface area (TPSA) is 70.5 Å². The SMILES string of the molecule is CCC(=O)Nc1ccc2c(c1)nc(CN1CCN(C(=O)C(C)C)CC1)n2C. The first-order valence-corrected chi connectivity index (χ1v) is 9.65. The molecule has 7 heteroatoms. The summed E-state index contributed by atoms with van der Waals surface area (Å²) in [6.45, 7) is 9.75. The third-order valence-electron chi connectivity index (χ3n) is 5.12. The number of carbonyl (C=O) groups is 2.